The Morgan fingerprint density at radius 2 is 2.06 bits per heavy atom. The maximum atomic E-state index is 10.9. The molecule has 0 saturated heterocycles. The highest BCUT2D eigenvalue weighted by atomic mass is 16.4. The third-order valence-corrected chi connectivity index (χ3v) is 3.01. The van der Waals surface area contributed by atoms with Gasteiger partial charge in [-0.15, -0.1) is 0 Å². The topological polar surface area (TPSA) is 49.3 Å². The van der Waals surface area contributed by atoms with Crippen LogP contribution in [0.15, 0.2) is 24.3 Å². The quantitative estimate of drug-likeness (QED) is 0.780. The number of carboxylic acids is 1. The molecule has 1 atom stereocenters. The molecule has 0 aliphatic carbocycles. The number of fused-ring (bicyclic) bond motifs is 1. The van der Waals surface area contributed by atoms with E-state index in [2.05, 4.69) is 32.2 Å². The largest absolute Gasteiger partial charge is 0.478 e. The fraction of sp³-hybridized carbons (Fsp3) is 0.357. The molecule has 2 N–H and O–H groups in total. The molecule has 0 unspecified atom stereocenters. The Morgan fingerprint density at radius 1 is 1.35 bits per heavy atom. The number of anilines is 1. The van der Waals surface area contributed by atoms with Crippen molar-refractivity contribution in [3.63, 3.8) is 0 Å². The third kappa shape index (κ3) is 2.33. The number of hydrogen-bond donors (Lipinski definition) is 2. The van der Waals surface area contributed by atoms with Crippen LogP contribution in [0.4, 0.5) is 5.69 Å². The normalized spacial score (nSPS) is 18.4. The number of hydrogen-bond acceptors (Lipinski definition) is 2. The minimum Gasteiger partial charge on any atom is -0.478 e. The number of aromatic carboxylic acids is 1. The molecule has 0 fully saturated rings. The minimum absolute atomic E-state index is 0.139. The summed E-state index contributed by atoms with van der Waals surface area (Å²) in [5.74, 6) is -0.890. The monoisotopic (exact) mass is 231 g/mol. The second-order valence-corrected chi connectivity index (χ2v) is 5.45. The molecular formula is C14H17NO2. The summed E-state index contributed by atoms with van der Waals surface area (Å²) >= 11 is 0. The van der Waals surface area contributed by atoms with E-state index in [9.17, 15) is 4.79 Å². The lowest BCUT2D eigenvalue weighted by molar-refractivity contribution is 0.0697. The van der Waals surface area contributed by atoms with Gasteiger partial charge in [0.25, 0.3) is 0 Å². The van der Waals surface area contributed by atoms with Gasteiger partial charge in [-0.25, -0.2) is 4.79 Å². The SMILES string of the molecule is CC(C)(C)[C@H]1C=Cc2cc(C(=O)O)ccc2N1. The Hall–Kier alpha value is -1.77. The van der Waals surface area contributed by atoms with Crippen molar-refractivity contribution in [2.24, 2.45) is 5.41 Å². The molecule has 1 heterocycles. The van der Waals surface area contributed by atoms with Crippen LogP contribution in [0.3, 0.4) is 0 Å². The van der Waals surface area contributed by atoms with Gasteiger partial charge in [0.05, 0.1) is 5.56 Å². The zero-order valence-corrected chi connectivity index (χ0v) is 10.3. The Morgan fingerprint density at radius 3 is 2.65 bits per heavy atom. The van der Waals surface area contributed by atoms with E-state index in [0.717, 1.165) is 11.3 Å². The van der Waals surface area contributed by atoms with Crippen LogP contribution in [0.2, 0.25) is 0 Å². The van der Waals surface area contributed by atoms with Crippen molar-refractivity contribution in [2.75, 3.05) is 5.32 Å². The van der Waals surface area contributed by atoms with Crippen molar-refractivity contribution < 1.29 is 9.90 Å². The molecule has 1 aliphatic rings. The zero-order valence-electron chi connectivity index (χ0n) is 10.3. The van der Waals surface area contributed by atoms with E-state index in [4.69, 9.17) is 5.11 Å². The summed E-state index contributed by atoms with van der Waals surface area (Å²) in [6.45, 7) is 6.52. The molecule has 0 bridgehead atoms. The first-order valence-electron chi connectivity index (χ1n) is 5.70. The molecule has 90 valence electrons. The van der Waals surface area contributed by atoms with Crippen LogP contribution < -0.4 is 5.32 Å². The number of carbonyl (C=O) groups is 1. The van der Waals surface area contributed by atoms with Crippen molar-refractivity contribution in [2.45, 2.75) is 26.8 Å². The van der Waals surface area contributed by atoms with Crippen LogP contribution in [-0.4, -0.2) is 17.1 Å². The highest BCUT2D eigenvalue weighted by Crippen LogP contribution is 2.31. The van der Waals surface area contributed by atoms with Crippen molar-refractivity contribution in [1.82, 2.24) is 0 Å². The molecule has 1 aliphatic heterocycles. The second kappa shape index (κ2) is 3.91. The molecule has 0 saturated carbocycles. The van der Waals surface area contributed by atoms with Crippen LogP contribution in [0.1, 0.15) is 36.7 Å². The van der Waals surface area contributed by atoms with E-state index >= 15 is 0 Å². The molecule has 1 aromatic rings. The van der Waals surface area contributed by atoms with E-state index in [0.29, 0.717) is 5.56 Å². The van der Waals surface area contributed by atoms with Crippen molar-refractivity contribution in [3.8, 4) is 0 Å². The van der Waals surface area contributed by atoms with E-state index in [-0.39, 0.29) is 11.5 Å². The Balaban J connectivity index is 2.33. The van der Waals surface area contributed by atoms with Crippen LogP contribution in [0.25, 0.3) is 6.08 Å². The van der Waals surface area contributed by atoms with Crippen molar-refractivity contribution >= 4 is 17.7 Å². The maximum absolute atomic E-state index is 10.9. The summed E-state index contributed by atoms with van der Waals surface area (Å²) in [7, 11) is 0. The fourth-order valence-electron chi connectivity index (χ4n) is 1.89. The summed E-state index contributed by atoms with van der Waals surface area (Å²) in [5.41, 5.74) is 2.40. The molecule has 1 aromatic carbocycles. The van der Waals surface area contributed by atoms with E-state index in [1.807, 2.05) is 12.1 Å². The lowest BCUT2D eigenvalue weighted by Crippen LogP contribution is -2.33. The summed E-state index contributed by atoms with van der Waals surface area (Å²) in [4.78, 5) is 10.9. The molecule has 3 nitrogen and oxygen atoms in total. The first-order chi connectivity index (χ1) is 7.88. The first-order valence-corrected chi connectivity index (χ1v) is 5.70. The van der Waals surface area contributed by atoms with Gasteiger partial charge >= 0.3 is 5.97 Å². The second-order valence-electron chi connectivity index (χ2n) is 5.45. The molecule has 0 radical (unpaired) electrons. The average Bonchev–Trinajstić information content (AvgIpc) is 2.26. The van der Waals surface area contributed by atoms with Gasteiger partial charge in [-0.1, -0.05) is 32.9 Å². The smallest absolute Gasteiger partial charge is 0.335 e. The summed E-state index contributed by atoms with van der Waals surface area (Å²) in [5, 5.41) is 12.3. The predicted octanol–water partition coefficient (Wildman–Crippen LogP) is 3.24. The number of rotatable bonds is 1. The molecular weight excluding hydrogens is 214 g/mol. The number of nitrogens with one attached hydrogen (secondary N) is 1. The van der Waals surface area contributed by atoms with Gasteiger partial charge in [0.15, 0.2) is 0 Å². The maximum Gasteiger partial charge on any atom is 0.335 e. The van der Waals surface area contributed by atoms with Crippen molar-refractivity contribution in [3.05, 3.63) is 35.4 Å². The minimum atomic E-state index is -0.890. The van der Waals surface area contributed by atoms with Crippen LogP contribution >= 0.6 is 0 Å². The van der Waals surface area contributed by atoms with Gasteiger partial charge in [0, 0.05) is 11.7 Å². The highest BCUT2D eigenvalue weighted by molar-refractivity contribution is 5.90. The van der Waals surface area contributed by atoms with Crippen molar-refractivity contribution in [1.29, 1.82) is 0 Å². The van der Waals surface area contributed by atoms with Crippen LogP contribution in [0, 0.1) is 5.41 Å². The molecule has 0 aromatic heterocycles. The Bertz CT molecular complexity index is 483. The lowest BCUT2D eigenvalue weighted by Gasteiger charge is -2.33. The highest BCUT2D eigenvalue weighted by Gasteiger charge is 2.25. The molecule has 3 heteroatoms. The van der Waals surface area contributed by atoms with E-state index in [1.54, 1.807) is 12.1 Å². The van der Waals surface area contributed by atoms with Gasteiger partial charge < -0.3 is 10.4 Å². The lowest BCUT2D eigenvalue weighted by atomic mass is 9.84. The van der Waals surface area contributed by atoms with Crippen LogP contribution in [0.5, 0.6) is 0 Å². The summed E-state index contributed by atoms with van der Waals surface area (Å²) < 4.78 is 0. The molecule has 0 spiro atoms. The van der Waals surface area contributed by atoms with Crippen LogP contribution in [-0.2, 0) is 0 Å². The third-order valence-electron chi connectivity index (χ3n) is 3.01. The summed E-state index contributed by atoms with van der Waals surface area (Å²) in [6.07, 6.45) is 4.09. The van der Waals surface area contributed by atoms with Gasteiger partial charge in [-0.2, -0.15) is 0 Å². The van der Waals surface area contributed by atoms with E-state index in [1.165, 1.54) is 0 Å². The zero-order chi connectivity index (χ0) is 12.6. The first kappa shape index (κ1) is 11.7. The van der Waals surface area contributed by atoms with E-state index < -0.39 is 5.97 Å². The number of carboxylic acid groups (broad SMARTS) is 1. The number of benzene rings is 1. The standard InChI is InChI=1S/C14H17NO2/c1-14(2,3)12-7-5-9-8-10(13(16)17)4-6-11(9)15-12/h4-8,12,15H,1-3H3,(H,16,17)/t12-/m1/s1. The Kier molecular flexibility index (Phi) is 2.69. The van der Waals surface area contributed by atoms with Gasteiger partial charge in [-0.3, -0.25) is 0 Å². The van der Waals surface area contributed by atoms with Gasteiger partial charge in [0.2, 0.25) is 0 Å². The molecule has 17 heavy (non-hydrogen) atoms. The summed E-state index contributed by atoms with van der Waals surface area (Å²) in [6, 6.07) is 5.43. The van der Waals surface area contributed by atoms with Gasteiger partial charge in [0.1, 0.15) is 0 Å². The fourth-order valence-corrected chi connectivity index (χ4v) is 1.89. The molecule has 2 rings (SSSR count). The predicted molar refractivity (Wildman–Crippen MR) is 69.3 cm³/mol. The van der Waals surface area contributed by atoms with Gasteiger partial charge in [-0.05, 0) is 29.2 Å². The Labute approximate surface area is 101 Å². The molecule has 0 amide bonds. The average molecular weight is 231 g/mol.